The average Bonchev–Trinajstić information content (AvgIpc) is 2.55. The van der Waals surface area contributed by atoms with Gasteiger partial charge in [-0.25, -0.2) is 4.98 Å². The summed E-state index contributed by atoms with van der Waals surface area (Å²) in [6.07, 6.45) is -3.31. The standard InChI is InChI=1S/C11H9F3N2O/c1-6-3-4-16-8(5-6)9(7(2)17)15-10(16)11(12,13)14/h3-5H,1-2H3. The van der Waals surface area contributed by atoms with Crippen LogP contribution < -0.4 is 0 Å². The number of carbonyl (C=O) groups is 1. The fourth-order valence-corrected chi connectivity index (χ4v) is 1.65. The molecule has 2 rings (SSSR count). The number of Topliss-reactive ketones (excluding diaryl/α,β-unsaturated/α-hetero) is 1. The minimum absolute atomic E-state index is 0.152. The van der Waals surface area contributed by atoms with Crippen molar-refractivity contribution in [3.8, 4) is 0 Å². The number of fused-ring (bicyclic) bond motifs is 1. The Morgan fingerprint density at radius 2 is 2.06 bits per heavy atom. The maximum absolute atomic E-state index is 12.7. The van der Waals surface area contributed by atoms with Gasteiger partial charge in [0.05, 0.1) is 5.52 Å². The lowest BCUT2D eigenvalue weighted by Crippen LogP contribution is -2.10. The molecule has 0 amide bonds. The molecule has 0 N–H and O–H groups in total. The van der Waals surface area contributed by atoms with E-state index >= 15 is 0 Å². The smallest absolute Gasteiger partial charge is 0.295 e. The molecule has 0 aliphatic rings. The van der Waals surface area contributed by atoms with E-state index in [-0.39, 0.29) is 11.2 Å². The van der Waals surface area contributed by atoms with Gasteiger partial charge in [-0.3, -0.25) is 9.20 Å². The number of aromatic nitrogens is 2. The Hall–Kier alpha value is -1.85. The maximum Gasteiger partial charge on any atom is 0.450 e. The molecule has 0 aliphatic carbocycles. The van der Waals surface area contributed by atoms with Crippen LogP contribution >= 0.6 is 0 Å². The first kappa shape index (κ1) is 11.6. The Balaban J connectivity index is 2.85. The van der Waals surface area contributed by atoms with Gasteiger partial charge in [0.2, 0.25) is 5.82 Å². The Kier molecular flexibility index (Phi) is 2.45. The molecule has 0 spiro atoms. The number of rotatable bonds is 1. The van der Waals surface area contributed by atoms with Gasteiger partial charge in [-0.2, -0.15) is 13.2 Å². The van der Waals surface area contributed by atoms with Crippen molar-refractivity contribution in [1.29, 1.82) is 0 Å². The first-order chi connectivity index (χ1) is 7.80. The van der Waals surface area contributed by atoms with Crippen LogP contribution in [0, 0.1) is 6.92 Å². The normalized spacial score (nSPS) is 12.1. The second-order valence-corrected chi connectivity index (χ2v) is 3.80. The van der Waals surface area contributed by atoms with Gasteiger partial charge >= 0.3 is 6.18 Å². The van der Waals surface area contributed by atoms with Crippen molar-refractivity contribution in [2.45, 2.75) is 20.0 Å². The van der Waals surface area contributed by atoms with E-state index in [9.17, 15) is 18.0 Å². The van der Waals surface area contributed by atoms with E-state index in [2.05, 4.69) is 4.98 Å². The monoisotopic (exact) mass is 242 g/mol. The van der Waals surface area contributed by atoms with Crippen molar-refractivity contribution < 1.29 is 18.0 Å². The van der Waals surface area contributed by atoms with Crippen molar-refractivity contribution in [1.82, 2.24) is 9.38 Å². The molecule has 3 nitrogen and oxygen atoms in total. The fraction of sp³-hybridized carbons (Fsp3) is 0.273. The Morgan fingerprint density at radius 3 is 2.59 bits per heavy atom. The topological polar surface area (TPSA) is 34.4 Å². The summed E-state index contributed by atoms with van der Waals surface area (Å²) in [5, 5.41) is 0. The number of hydrogen-bond donors (Lipinski definition) is 0. The third-order valence-corrected chi connectivity index (χ3v) is 2.39. The van der Waals surface area contributed by atoms with Gasteiger partial charge in [0.25, 0.3) is 0 Å². The van der Waals surface area contributed by atoms with Crippen LogP contribution in [0.5, 0.6) is 0 Å². The molecule has 0 aliphatic heterocycles. The molecule has 0 fully saturated rings. The van der Waals surface area contributed by atoms with Crippen LogP contribution in [0.25, 0.3) is 5.52 Å². The first-order valence-electron chi connectivity index (χ1n) is 4.87. The molecule has 90 valence electrons. The van der Waals surface area contributed by atoms with Crippen LogP contribution in [0.2, 0.25) is 0 Å². The third kappa shape index (κ3) is 1.90. The van der Waals surface area contributed by atoms with Gasteiger partial charge in [-0.15, -0.1) is 0 Å². The van der Waals surface area contributed by atoms with Crippen LogP contribution in [-0.2, 0) is 6.18 Å². The van der Waals surface area contributed by atoms with Crippen LogP contribution in [-0.4, -0.2) is 15.2 Å². The molecule has 0 unspecified atom stereocenters. The minimum atomic E-state index is -4.58. The van der Waals surface area contributed by atoms with Crippen molar-refractivity contribution >= 4 is 11.3 Å². The van der Waals surface area contributed by atoms with E-state index in [0.29, 0.717) is 0 Å². The molecule has 17 heavy (non-hydrogen) atoms. The van der Waals surface area contributed by atoms with Gasteiger partial charge < -0.3 is 0 Å². The van der Waals surface area contributed by atoms with E-state index < -0.39 is 17.8 Å². The van der Waals surface area contributed by atoms with E-state index in [1.165, 1.54) is 25.3 Å². The fourth-order valence-electron chi connectivity index (χ4n) is 1.65. The lowest BCUT2D eigenvalue weighted by Gasteiger charge is -2.04. The molecule has 0 radical (unpaired) electrons. The molecule has 0 atom stereocenters. The highest BCUT2D eigenvalue weighted by Crippen LogP contribution is 2.30. The van der Waals surface area contributed by atoms with Gasteiger partial charge in [0.1, 0.15) is 5.69 Å². The predicted octanol–water partition coefficient (Wildman–Crippen LogP) is 2.86. The van der Waals surface area contributed by atoms with Crippen LogP contribution in [0.4, 0.5) is 13.2 Å². The molecule has 0 aromatic carbocycles. The third-order valence-electron chi connectivity index (χ3n) is 2.39. The lowest BCUT2D eigenvalue weighted by molar-refractivity contribution is -0.145. The summed E-state index contributed by atoms with van der Waals surface area (Å²) < 4.78 is 39.0. The summed E-state index contributed by atoms with van der Waals surface area (Å²) in [5.41, 5.74) is 0.805. The second-order valence-electron chi connectivity index (χ2n) is 3.80. The second kappa shape index (κ2) is 3.58. The van der Waals surface area contributed by atoms with Gasteiger partial charge in [0, 0.05) is 13.1 Å². The summed E-state index contributed by atoms with van der Waals surface area (Å²) in [6, 6.07) is 3.05. The first-order valence-corrected chi connectivity index (χ1v) is 4.87. The number of ketones is 1. The van der Waals surface area contributed by atoms with Crippen molar-refractivity contribution in [2.75, 3.05) is 0 Å². The summed E-state index contributed by atoms with van der Waals surface area (Å²) in [6.45, 7) is 2.94. The molecule has 0 saturated heterocycles. The Bertz CT molecular complexity index is 599. The number of aryl methyl sites for hydroxylation is 1. The zero-order valence-corrected chi connectivity index (χ0v) is 9.17. The molecular weight excluding hydrogens is 233 g/mol. The number of imidazole rings is 1. The van der Waals surface area contributed by atoms with E-state index in [1.807, 2.05) is 0 Å². The Labute approximate surface area is 94.9 Å². The molecular formula is C11H9F3N2O. The van der Waals surface area contributed by atoms with E-state index in [0.717, 1.165) is 9.96 Å². The van der Waals surface area contributed by atoms with E-state index in [4.69, 9.17) is 0 Å². The number of halogens is 3. The number of nitrogens with zero attached hydrogens (tertiary/aromatic N) is 2. The summed E-state index contributed by atoms with van der Waals surface area (Å²) in [4.78, 5) is 14.7. The predicted molar refractivity (Wildman–Crippen MR) is 54.9 cm³/mol. The zero-order valence-electron chi connectivity index (χ0n) is 9.17. The highest BCUT2D eigenvalue weighted by Gasteiger charge is 2.37. The maximum atomic E-state index is 12.7. The largest absolute Gasteiger partial charge is 0.450 e. The van der Waals surface area contributed by atoms with Crippen molar-refractivity contribution in [3.05, 3.63) is 35.4 Å². The van der Waals surface area contributed by atoms with Crippen LogP contribution in [0.15, 0.2) is 18.3 Å². The molecule has 0 bridgehead atoms. The quantitative estimate of drug-likeness (QED) is 0.720. The molecule has 2 heterocycles. The lowest BCUT2D eigenvalue weighted by atomic mass is 10.2. The highest BCUT2D eigenvalue weighted by atomic mass is 19.4. The summed E-state index contributed by atoms with van der Waals surface area (Å²) >= 11 is 0. The molecule has 0 saturated carbocycles. The molecule has 6 heteroatoms. The average molecular weight is 242 g/mol. The Morgan fingerprint density at radius 1 is 1.41 bits per heavy atom. The van der Waals surface area contributed by atoms with Crippen molar-refractivity contribution in [2.24, 2.45) is 0 Å². The summed E-state index contributed by atoms with van der Waals surface area (Å²) in [5.74, 6) is -1.55. The van der Waals surface area contributed by atoms with E-state index in [1.54, 1.807) is 6.92 Å². The SMILES string of the molecule is CC(=O)c1nc(C(F)(F)F)n2ccc(C)cc12. The van der Waals surface area contributed by atoms with Crippen molar-refractivity contribution in [3.63, 3.8) is 0 Å². The molecule has 2 aromatic heterocycles. The zero-order chi connectivity index (χ0) is 12.8. The molecule has 2 aromatic rings. The van der Waals surface area contributed by atoms with Crippen LogP contribution in [0.1, 0.15) is 28.8 Å². The minimum Gasteiger partial charge on any atom is -0.295 e. The number of carbonyl (C=O) groups excluding carboxylic acids is 1. The van der Waals surface area contributed by atoms with Gasteiger partial charge in [0.15, 0.2) is 5.78 Å². The summed E-state index contributed by atoms with van der Waals surface area (Å²) in [7, 11) is 0. The van der Waals surface area contributed by atoms with Gasteiger partial charge in [-0.05, 0) is 24.6 Å². The number of alkyl halides is 3. The number of pyridine rings is 1. The van der Waals surface area contributed by atoms with Gasteiger partial charge in [-0.1, -0.05) is 0 Å². The number of hydrogen-bond acceptors (Lipinski definition) is 2. The highest BCUT2D eigenvalue weighted by molar-refractivity contribution is 5.99. The van der Waals surface area contributed by atoms with Crippen LogP contribution in [0.3, 0.4) is 0 Å².